The highest BCUT2D eigenvalue weighted by atomic mass is 16.5. The van der Waals surface area contributed by atoms with Gasteiger partial charge >= 0.3 is 5.97 Å². The van der Waals surface area contributed by atoms with Gasteiger partial charge < -0.3 is 14.8 Å². The van der Waals surface area contributed by atoms with Gasteiger partial charge in [0.05, 0.1) is 23.5 Å². The SMILES string of the molecule is CCCCOC(=O)c1ccc(OCC(=O)N2CC(=O)Nc3ccccc32)cc1. The molecule has 1 heterocycles. The lowest BCUT2D eigenvalue weighted by Gasteiger charge is -2.29. The number of unbranched alkanes of at least 4 members (excludes halogenated alkanes) is 1. The van der Waals surface area contributed by atoms with Gasteiger partial charge in [0.2, 0.25) is 5.91 Å². The normalized spacial score (nSPS) is 12.8. The molecule has 1 aliphatic heterocycles. The maximum absolute atomic E-state index is 12.5. The summed E-state index contributed by atoms with van der Waals surface area (Å²) in [6.07, 6.45) is 1.78. The molecule has 7 nitrogen and oxygen atoms in total. The monoisotopic (exact) mass is 382 g/mol. The molecule has 2 amide bonds. The lowest BCUT2D eigenvalue weighted by molar-refractivity contribution is -0.123. The second-order valence-electron chi connectivity index (χ2n) is 6.35. The van der Waals surface area contributed by atoms with Crippen LogP contribution in [-0.2, 0) is 14.3 Å². The van der Waals surface area contributed by atoms with E-state index in [2.05, 4.69) is 5.32 Å². The van der Waals surface area contributed by atoms with E-state index in [1.54, 1.807) is 48.5 Å². The minimum Gasteiger partial charge on any atom is -0.484 e. The van der Waals surface area contributed by atoms with Crippen LogP contribution in [-0.4, -0.2) is 37.5 Å². The third-order valence-corrected chi connectivity index (χ3v) is 4.26. The number of fused-ring (bicyclic) bond motifs is 1. The second-order valence-corrected chi connectivity index (χ2v) is 6.35. The van der Waals surface area contributed by atoms with Gasteiger partial charge in [0.25, 0.3) is 5.91 Å². The van der Waals surface area contributed by atoms with Crippen LogP contribution in [0, 0.1) is 0 Å². The number of para-hydroxylation sites is 2. The van der Waals surface area contributed by atoms with E-state index in [0.29, 0.717) is 29.3 Å². The van der Waals surface area contributed by atoms with E-state index in [0.717, 1.165) is 12.8 Å². The molecule has 0 fully saturated rings. The molecule has 3 rings (SSSR count). The summed E-state index contributed by atoms with van der Waals surface area (Å²) in [4.78, 5) is 37.7. The first-order valence-corrected chi connectivity index (χ1v) is 9.17. The van der Waals surface area contributed by atoms with Gasteiger partial charge in [-0.15, -0.1) is 0 Å². The van der Waals surface area contributed by atoms with Crippen molar-refractivity contribution < 1.29 is 23.9 Å². The van der Waals surface area contributed by atoms with Gasteiger partial charge in [0, 0.05) is 0 Å². The number of hydrogen-bond acceptors (Lipinski definition) is 5. The molecule has 2 aromatic carbocycles. The summed E-state index contributed by atoms with van der Waals surface area (Å²) in [5, 5.41) is 2.74. The Hall–Kier alpha value is -3.35. The zero-order valence-corrected chi connectivity index (χ0v) is 15.6. The molecule has 2 aromatic rings. The lowest BCUT2D eigenvalue weighted by atomic mass is 10.2. The molecular weight excluding hydrogens is 360 g/mol. The van der Waals surface area contributed by atoms with Gasteiger partial charge in [-0.05, 0) is 42.8 Å². The third-order valence-electron chi connectivity index (χ3n) is 4.26. The molecule has 0 atom stereocenters. The predicted octanol–water partition coefficient (Wildman–Crippen LogP) is 3.01. The fraction of sp³-hybridized carbons (Fsp3) is 0.286. The van der Waals surface area contributed by atoms with Crippen LogP contribution in [0.3, 0.4) is 0 Å². The van der Waals surface area contributed by atoms with Crippen LogP contribution in [0.15, 0.2) is 48.5 Å². The van der Waals surface area contributed by atoms with Gasteiger partial charge in [0.1, 0.15) is 12.3 Å². The van der Waals surface area contributed by atoms with Crippen LogP contribution in [0.25, 0.3) is 0 Å². The minimum absolute atomic E-state index is 0.0538. The maximum Gasteiger partial charge on any atom is 0.338 e. The van der Waals surface area contributed by atoms with Crippen molar-refractivity contribution in [2.45, 2.75) is 19.8 Å². The number of carbonyl (C=O) groups excluding carboxylic acids is 3. The first kappa shape index (κ1) is 19.4. The second kappa shape index (κ2) is 9.03. The summed E-state index contributed by atoms with van der Waals surface area (Å²) in [7, 11) is 0. The highest BCUT2D eigenvalue weighted by Gasteiger charge is 2.26. The average molecular weight is 382 g/mol. The van der Waals surface area contributed by atoms with E-state index in [-0.39, 0.29) is 30.9 Å². The third kappa shape index (κ3) is 4.68. The van der Waals surface area contributed by atoms with Crippen molar-refractivity contribution in [3.63, 3.8) is 0 Å². The molecule has 0 radical (unpaired) electrons. The molecule has 7 heteroatoms. The van der Waals surface area contributed by atoms with Crippen molar-refractivity contribution in [2.75, 3.05) is 30.0 Å². The number of hydrogen-bond donors (Lipinski definition) is 1. The summed E-state index contributed by atoms with van der Waals surface area (Å²) < 4.78 is 10.7. The Balaban J connectivity index is 1.58. The van der Waals surface area contributed by atoms with E-state index in [9.17, 15) is 14.4 Å². The number of ether oxygens (including phenoxy) is 2. The molecular formula is C21H22N2O5. The van der Waals surface area contributed by atoms with E-state index in [1.807, 2.05) is 6.92 Å². The van der Waals surface area contributed by atoms with Crippen LogP contribution in [0.2, 0.25) is 0 Å². The molecule has 0 saturated heterocycles. The Morgan fingerprint density at radius 1 is 1.11 bits per heavy atom. The van der Waals surface area contributed by atoms with Gasteiger partial charge in [-0.25, -0.2) is 4.79 Å². The van der Waals surface area contributed by atoms with Crippen LogP contribution in [0.1, 0.15) is 30.1 Å². The molecule has 1 aliphatic rings. The largest absolute Gasteiger partial charge is 0.484 e. The Labute approximate surface area is 163 Å². The number of benzene rings is 2. The first-order chi connectivity index (χ1) is 13.6. The standard InChI is InChI=1S/C21H22N2O5/c1-2-3-12-27-21(26)15-8-10-16(11-9-15)28-14-20(25)23-13-19(24)22-17-6-4-5-7-18(17)23/h4-11H,2-3,12-14H2,1H3,(H,22,24). The van der Waals surface area contributed by atoms with Crippen molar-refractivity contribution in [3.8, 4) is 5.75 Å². The van der Waals surface area contributed by atoms with Crippen LogP contribution < -0.4 is 15.0 Å². The molecule has 0 unspecified atom stereocenters. The molecule has 146 valence electrons. The topological polar surface area (TPSA) is 84.9 Å². The van der Waals surface area contributed by atoms with Crippen LogP contribution in [0.4, 0.5) is 11.4 Å². The van der Waals surface area contributed by atoms with Crippen LogP contribution >= 0.6 is 0 Å². The van der Waals surface area contributed by atoms with Gasteiger partial charge in [-0.1, -0.05) is 25.5 Å². The summed E-state index contributed by atoms with van der Waals surface area (Å²) >= 11 is 0. The number of rotatable bonds is 7. The van der Waals surface area contributed by atoms with Crippen LogP contribution in [0.5, 0.6) is 5.75 Å². The fourth-order valence-corrected chi connectivity index (χ4v) is 2.76. The van der Waals surface area contributed by atoms with Crippen molar-refractivity contribution >= 4 is 29.2 Å². The number of anilines is 2. The molecule has 0 bridgehead atoms. The van der Waals surface area contributed by atoms with Crippen molar-refractivity contribution in [1.82, 2.24) is 0 Å². The van der Waals surface area contributed by atoms with E-state index < -0.39 is 0 Å². The summed E-state index contributed by atoms with van der Waals surface area (Å²) in [6.45, 7) is 2.15. The Kier molecular flexibility index (Phi) is 6.26. The highest BCUT2D eigenvalue weighted by molar-refractivity contribution is 6.10. The fourth-order valence-electron chi connectivity index (χ4n) is 2.76. The number of nitrogens with one attached hydrogen (secondary N) is 1. The lowest BCUT2D eigenvalue weighted by Crippen LogP contribution is -2.44. The molecule has 0 aromatic heterocycles. The Bertz CT molecular complexity index is 863. The predicted molar refractivity (Wildman–Crippen MR) is 105 cm³/mol. The van der Waals surface area contributed by atoms with Crippen molar-refractivity contribution in [1.29, 1.82) is 0 Å². The zero-order chi connectivity index (χ0) is 19.9. The molecule has 1 N–H and O–H groups in total. The zero-order valence-electron chi connectivity index (χ0n) is 15.6. The Morgan fingerprint density at radius 2 is 1.86 bits per heavy atom. The first-order valence-electron chi connectivity index (χ1n) is 9.17. The van der Waals surface area contributed by atoms with Gasteiger partial charge in [-0.2, -0.15) is 0 Å². The average Bonchev–Trinajstić information content (AvgIpc) is 2.71. The van der Waals surface area contributed by atoms with E-state index in [4.69, 9.17) is 9.47 Å². The summed E-state index contributed by atoms with van der Waals surface area (Å²) in [5.74, 6) is -0.511. The smallest absolute Gasteiger partial charge is 0.338 e. The Morgan fingerprint density at radius 3 is 2.61 bits per heavy atom. The number of esters is 1. The molecule has 0 saturated carbocycles. The molecule has 28 heavy (non-hydrogen) atoms. The summed E-state index contributed by atoms with van der Waals surface area (Å²) in [6, 6.07) is 13.5. The number of amides is 2. The maximum atomic E-state index is 12.5. The highest BCUT2D eigenvalue weighted by Crippen LogP contribution is 2.28. The van der Waals surface area contributed by atoms with Gasteiger partial charge in [0.15, 0.2) is 6.61 Å². The minimum atomic E-state index is -0.382. The molecule has 0 spiro atoms. The van der Waals surface area contributed by atoms with E-state index >= 15 is 0 Å². The van der Waals surface area contributed by atoms with Crippen molar-refractivity contribution in [2.24, 2.45) is 0 Å². The quantitative estimate of drug-likeness (QED) is 0.588. The van der Waals surface area contributed by atoms with Crippen molar-refractivity contribution in [3.05, 3.63) is 54.1 Å². The number of carbonyl (C=O) groups is 3. The van der Waals surface area contributed by atoms with Gasteiger partial charge in [-0.3, -0.25) is 14.5 Å². The molecule has 0 aliphatic carbocycles. The number of nitrogens with zero attached hydrogens (tertiary/aromatic N) is 1. The van der Waals surface area contributed by atoms with E-state index in [1.165, 1.54) is 4.90 Å². The summed E-state index contributed by atoms with van der Waals surface area (Å²) in [5.41, 5.74) is 1.66.